The van der Waals surface area contributed by atoms with Crippen LogP contribution in [-0.2, 0) is 19.2 Å². The van der Waals surface area contributed by atoms with Crippen molar-refractivity contribution < 1.29 is 19.2 Å². The number of hydrogen-bond acceptors (Lipinski definition) is 0. The molecular formula is C26H29Cl3SiTi. The molecule has 0 saturated carbocycles. The first kappa shape index (κ1) is 28.0. The zero-order valence-corrected chi connectivity index (χ0v) is 22.8. The summed E-state index contributed by atoms with van der Waals surface area (Å²) >= 11 is -0.302. The van der Waals surface area contributed by atoms with E-state index in [0.29, 0.717) is 0 Å². The minimum Gasteiger partial charge on any atom is -0.147 e. The van der Waals surface area contributed by atoms with Gasteiger partial charge in [0, 0.05) is 0 Å². The molecule has 31 heavy (non-hydrogen) atoms. The Hall–Kier alpha value is -1.06. The fourth-order valence-corrected chi connectivity index (χ4v) is 15.6. The zero-order chi connectivity index (χ0) is 19.5. The molecule has 0 heterocycles. The molecule has 0 fully saturated rings. The molecule has 3 aromatic carbocycles. The first-order chi connectivity index (χ1) is 13.6. The maximum Gasteiger partial charge on any atom is -0.147 e. The Morgan fingerprint density at radius 2 is 1.03 bits per heavy atom. The summed E-state index contributed by atoms with van der Waals surface area (Å²) in [5.41, 5.74) is 0. The average molecular weight is 524 g/mol. The van der Waals surface area contributed by atoms with Crippen molar-refractivity contribution in [3.05, 3.63) is 113 Å². The topological polar surface area (TPSA) is 0 Å². The summed E-state index contributed by atoms with van der Waals surface area (Å²) in [4.78, 5) is 0. The standard InChI is InChI=1S/C21H21Si.C5H5.3ClH.Ti/c1-18(2)22(19-12-6-3-7-13-19,20-14-8-4-9-15-20)21-16-10-5-11-17-21;1-2-4-5-3-1;;;;/h3-17H,1-2H3;1-3H,4H2;3*1H;. The summed E-state index contributed by atoms with van der Waals surface area (Å²) in [6.45, 7) is 5.09. The second-order valence-corrected chi connectivity index (χ2v) is 16.5. The molecule has 0 unspecified atom stereocenters. The molecule has 1 aliphatic rings. The fraction of sp³-hybridized carbons (Fsp3) is 0.154. The van der Waals surface area contributed by atoms with E-state index in [-0.39, 0.29) is 59.7 Å². The summed E-state index contributed by atoms with van der Waals surface area (Å²) in [6, 6.07) is 34.0. The van der Waals surface area contributed by atoms with E-state index < -0.39 is 8.07 Å². The Balaban J connectivity index is 0.00000160. The molecule has 0 aliphatic heterocycles. The van der Waals surface area contributed by atoms with E-state index in [1.165, 1.54) is 15.6 Å². The normalized spacial score (nSPS) is 12.6. The van der Waals surface area contributed by atoms with Gasteiger partial charge in [0.05, 0.1) is 0 Å². The third-order valence-corrected chi connectivity index (χ3v) is 15.6. The van der Waals surface area contributed by atoms with Crippen LogP contribution in [0.15, 0.2) is 113 Å². The molecule has 0 saturated heterocycles. The quantitative estimate of drug-likeness (QED) is 0.271. The number of benzene rings is 3. The molecule has 1 aliphatic carbocycles. The molecule has 0 bridgehead atoms. The molecular weight excluding hydrogens is 495 g/mol. The summed E-state index contributed by atoms with van der Waals surface area (Å²) in [7, 11) is -2.23. The van der Waals surface area contributed by atoms with Gasteiger partial charge in [-0.15, -0.1) is 37.2 Å². The number of halogens is 3. The van der Waals surface area contributed by atoms with Crippen molar-refractivity contribution in [1.29, 1.82) is 0 Å². The molecule has 0 aromatic heterocycles. The van der Waals surface area contributed by atoms with Crippen LogP contribution in [0.2, 0.25) is 3.34 Å². The van der Waals surface area contributed by atoms with Gasteiger partial charge in [0.25, 0.3) is 0 Å². The number of allylic oxidation sites excluding steroid dienone is 4. The van der Waals surface area contributed by atoms with Crippen LogP contribution in [0.5, 0.6) is 0 Å². The van der Waals surface area contributed by atoms with Crippen molar-refractivity contribution in [2.75, 3.05) is 0 Å². The summed E-state index contributed by atoms with van der Waals surface area (Å²) in [5.74, 6) is 0. The van der Waals surface area contributed by atoms with Crippen molar-refractivity contribution >= 4 is 60.9 Å². The Bertz CT molecular complexity index is 890. The van der Waals surface area contributed by atoms with E-state index in [0.717, 1.165) is 6.42 Å². The number of rotatable bonds is 6. The van der Waals surface area contributed by atoms with Crippen molar-refractivity contribution in [2.45, 2.75) is 23.6 Å². The van der Waals surface area contributed by atoms with Gasteiger partial charge in [-0.3, -0.25) is 0 Å². The van der Waals surface area contributed by atoms with Gasteiger partial charge in [0.15, 0.2) is 0 Å². The molecule has 162 valence electrons. The van der Waals surface area contributed by atoms with Gasteiger partial charge in [0.1, 0.15) is 0 Å². The van der Waals surface area contributed by atoms with Crippen LogP contribution in [0.1, 0.15) is 20.3 Å². The number of hydrogen-bond donors (Lipinski definition) is 0. The van der Waals surface area contributed by atoms with Crippen molar-refractivity contribution in [3.63, 3.8) is 0 Å². The summed E-state index contributed by atoms with van der Waals surface area (Å²) < 4.78 is 1.92. The second kappa shape index (κ2) is 12.3. The average Bonchev–Trinajstić information content (AvgIpc) is 3.23. The Labute approximate surface area is 215 Å². The Kier molecular flexibility index (Phi) is 11.1. The second-order valence-electron chi connectivity index (χ2n) is 7.92. The van der Waals surface area contributed by atoms with Crippen LogP contribution >= 0.6 is 37.2 Å². The summed E-state index contributed by atoms with van der Waals surface area (Å²) in [5, 5.41) is 4.56. The predicted molar refractivity (Wildman–Crippen MR) is 142 cm³/mol. The maximum absolute atomic E-state index is 2.55. The van der Waals surface area contributed by atoms with Gasteiger partial charge in [-0.05, 0) is 0 Å². The Morgan fingerprint density at radius 3 is 1.35 bits per heavy atom. The molecule has 0 nitrogen and oxygen atoms in total. The van der Waals surface area contributed by atoms with E-state index in [2.05, 4.69) is 123 Å². The van der Waals surface area contributed by atoms with E-state index in [1.807, 2.05) is 0 Å². The molecule has 0 atom stereocenters. The maximum atomic E-state index is 2.55. The smallest absolute Gasteiger partial charge is 0.147 e. The van der Waals surface area contributed by atoms with E-state index in [4.69, 9.17) is 0 Å². The molecule has 0 N–H and O–H groups in total. The first-order valence-corrected chi connectivity index (χ1v) is 13.5. The molecule has 0 spiro atoms. The SMILES string of the molecule is C[C](C)([Ti][C]1=CC=CC1)[Si](c1ccccc1)(c1ccccc1)c1ccccc1.Cl.Cl.Cl. The summed E-state index contributed by atoms with van der Waals surface area (Å²) in [6.07, 6.45) is 8.07. The monoisotopic (exact) mass is 522 g/mol. The van der Waals surface area contributed by atoms with Gasteiger partial charge >= 0.3 is 179 Å². The van der Waals surface area contributed by atoms with Gasteiger partial charge in [0.2, 0.25) is 0 Å². The van der Waals surface area contributed by atoms with Crippen molar-refractivity contribution in [1.82, 2.24) is 0 Å². The van der Waals surface area contributed by atoms with Crippen LogP contribution in [0.4, 0.5) is 0 Å². The van der Waals surface area contributed by atoms with Crippen LogP contribution < -0.4 is 15.6 Å². The molecule has 3 aromatic rings. The van der Waals surface area contributed by atoms with Crippen molar-refractivity contribution in [3.8, 4) is 0 Å². The van der Waals surface area contributed by atoms with Gasteiger partial charge < -0.3 is 0 Å². The van der Waals surface area contributed by atoms with E-state index in [1.54, 1.807) is 3.88 Å². The van der Waals surface area contributed by atoms with Crippen LogP contribution in [0, 0.1) is 0 Å². The molecule has 5 heteroatoms. The van der Waals surface area contributed by atoms with Crippen LogP contribution in [-0.4, -0.2) is 8.07 Å². The minimum atomic E-state index is -2.23. The molecule has 4 rings (SSSR count). The van der Waals surface area contributed by atoms with Crippen LogP contribution in [0.25, 0.3) is 0 Å². The largest absolute Gasteiger partial charge is 0.147 e. The molecule has 0 radical (unpaired) electrons. The van der Waals surface area contributed by atoms with Gasteiger partial charge in [-0.1, -0.05) is 0 Å². The zero-order valence-electron chi connectivity index (χ0n) is 17.8. The minimum absolute atomic E-state index is 0. The van der Waals surface area contributed by atoms with Crippen molar-refractivity contribution in [2.24, 2.45) is 0 Å². The van der Waals surface area contributed by atoms with Gasteiger partial charge in [-0.2, -0.15) is 0 Å². The Morgan fingerprint density at radius 1 is 0.645 bits per heavy atom. The predicted octanol–water partition coefficient (Wildman–Crippen LogP) is 6.09. The molecule has 0 amide bonds. The van der Waals surface area contributed by atoms with Crippen LogP contribution in [0.3, 0.4) is 0 Å². The fourth-order valence-electron chi connectivity index (χ4n) is 4.68. The van der Waals surface area contributed by atoms with E-state index >= 15 is 0 Å². The first-order valence-electron chi connectivity index (χ1n) is 9.95. The third kappa shape index (κ3) is 5.48. The van der Waals surface area contributed by atoms with E-state index in [9.17, 15) is 0 Å². The third-order valence-electron chi connectivity index (χ3n) is 5.80. The van der Waals surface area contributed by atoms with Gasteiger partial charge in [-0.25, -0.2) is 0 Å².